The highest BCUT2D eigenvalue weighted by atomic mass is 16.3. The highest BCUT2D eigenvalue weighted by Crippen LogP contribution is 2.45. The first kappa shape index (κ1) is 24.2. The molecule has 0 aliphatic carbocycles. The standard InChI is InChI=1S/C26H29N9O3/c1-13(36)21-22(15-8-16-5-6-17(9-15)34(16)25(37)19-12-29-33-32-19)31-24-18(11-30-35(24)23(21)27)14-4-7-20(28-10-14)26(2,3)38/h4,7,10-12,15-17,38H,5-6,8-9,27H2,1-3H3,(H,29,32,33)/t15-,16-,17+. The molecule has 2 aliphatic heterocycles. The van der Waals surface area contributed by atoms with Gasteiger partial charge < -0.3 is 15.7 Å². The quantitative estimate of drug-likeness (QED) is 0.338. The number of nitrogen functional groups attached to an aromatic ring is 1. The fraction of sp³-hybridized carbons (Fsp3) is 0.423. The number of aliphatic hydroxyl groups is 1. The van der Waals surface area contributed by atoms with Crippen molar-refractivity contribution in [2.75, 3.05) is 5.73 Å². The number of hydrogen-bond donors (Lipinski definition) is 3. The minimum atomic E-state index is -1.06. The van der Waals surface area contributed by atoms with Gasteiger partial charge in [0.25, 0.3) is 5.91 Å². The molecule has 6 heterocycles. The Labute approximate surface area is 218 Å². The van der Waals surface area contributed by atoms with Gasteiger partial charge in [-0.15, -0.1) is 5.10 Å². The largest absolute Gasteiger partial charge is 0.384 e. The third-order valence-electron chi connectivity index (χ3n) is 7.76. The topological polar surface area (TPSA) is 168 Å². The highest BCUT2D eigenvalue weighted by molar-refractivity contribution is 6.00. The molecule has 0 aromatic carbocycles. The molecular weight excluding hydrogens is 486 g/mol. The van der Waals surface area contributed by atoms with Crippen LogP contribution in [0.2, 0.25) is 0 Å². The summed E-state index contributed by atoms with van der Waals surface area (Å²) in [5, 5.41) is 24.8. The normalized spacial score (nSPS) is 21.3. The predicted octanol–water partition coefficient (Wildman–Crippen LogP) is 2.47. The molecule has 0 radical (unpaired) electrons. The second-order valence-corrected chi connectivity index (χ2v) is 10.7. The first-order valence-electron chi connectivity index (χ1n) is 12.7. The molecule has 196 valence electrons. The van der Waals surface area contributed by atoms with Crippen LogP contribution in [0, 0.1) is 0 Å². The van der Waals surface area contributed by atoms with Crippen molar-refractivity contribution in [1.29, 1.82) is 0 Å². The van der Waals surface area contributed by atoms with E-state index in [1.807, 2.05) is 11.0 Å². The SMILES string of the molecule is CC(=O)c1c([C@@H]2C[C@H]3CC[C@@H](C2)N3C(=O)c2cnn[nH]2)nc2c(-c3ccc(C(C)(C)O)nc3)cnn2c1N. The zero-order chi connectivity index (χ0) is 26.8. The number of hydrogen-bond acceptors (Lipinski definition) is 9. The number of rotatable bonds is 5. The van der Waals surface area contributed by atoms with E-state index in [9.17, 15) is 14.7 Å². The van der Waals surface area contributed by atoms with E-state index in [-0.39, 0.29) is 35.5 Å². The molecule has 38 heavy (non-hydrogen) atoms. The maximum atomic E-state index is 13.1. The molecule has 4 aromatic rings. The van der Waals surface area contributed by atoms with Crippen LogP contribution in [0.4, 0.5) is 5.82 Å². The third kappa shape index (κ3) is 3.83. The van der Waals surface area contributed by atoms with Crippen LogP contribution in [0.5, 0.6) is 0 Å². The molecule has 0 spiro atoms. The van der Waals surface area contributed by atoms with E-state index in [0.717, 1.165) is 24.0 Å². The number of pyridine rings is 1. The van der Waals surface area contributed by atoms with Gasteiger partial charge in [-0.3, -0.25) is 19.7 Å². The van der Waals surface area contributed by atoms with Crippen molar-refractivity contribution < 1.29 is 14.7 Å². The monoisotopic (exact) mass is 515 g/mol. The van der Waals surface area contributed by atoms with Crippen molar-refractivity contribution in [1.82, 2.24) is 39.9 Å². The van der Waals surface area contributed by atoms with Crippen molar-refractivity contribution in [3.8, 4) is 11.1 Å². The Balaban J connectivity index is 1.39. The Morgan fingerprint density at radius 1 is 1.13 bits per heavy atom. The Kier molecular flexibility index (Phi) is 5.53. The van der Waals surface area contributed by atoms with Gasteiger partial charge in [0.15, 0.2) is 11.4 Å². The summed E-state index contributed by atoms with van der Waals surface area (Å²) >= 11 is 0. The molecular formula is C26H29N9O3. The number of anilines is 1. The number of ketones is 1. The van der Waals surface area contributed by atoms with E-state index in [2.05, 4.69) is 25.5 Å². The Morgan fingerprint density at radius 3 is 2.45 bits per heavy atom. The van der Waals surface area contributed by atoms with Crippen molar-refractivity contribution in [2.24, 2.45) is 0 Å². The lowest BCUT2D eigenvalue weighted by molar-refractivity contribution is 0.0562. The molecule has 1 amide bonds. The van der Waals surface area contributed by atoms with Crippen LogP contribution in [0.25, 0.3) is 16.8 Å². The van der Waals surface area contributed by atoms with E-state index >= 15 is 0 Å². The number of carbonyl (C=O) groups excluding carboxylic acids is 2. The van der Waals surface area contributed by atoms with Crippen molar-refractivity contribution in [2.45, 2.75) is 70.1 Å². The van der Waals surface area contributed by atoms with E-state index in [1.54, 1.807) is 32.3 Å². The number of fused-ring (bicyclic) bond motifs is 3. The second-order valence-electron chi connectivity index (χ2n) is 10.7. The summed E-state index contributed by atoms with van der Waals surface area (Å²) in [5.74, 6) is -0.0643. The third-order valence-corrected chi connectivity index (χ3v) is 7.76. The van der Waals surface area contributed by atoms with Gasteiger partial charge >= 0.3 is 0 Å². The molecule has 4 aromatic heterocycles. The van der Waals surface area contributed by atoms with Crippen molar-refractivity contribution >= 4 is 23.2 Å². The number of aromatic amines is 1. The van der Waals surface area contributed by atoms with Gasteiger partial charge in [0, 0.05) is 35.3 Å². The van der Waals surface area contributed by atoms with Crippen molar-refractivity contribution in [3.63, 3.8) is 0 Å². The van der Waals surface area contributed by atoms with Crippen LogP contribution < -0.4 is 5.73 Å². The molecule has 2 bridgehead atoms. The van der Waals surface area contributed by atoms with Crippen LogP contribution in [0.1, 0.15) is 84.6 Å². The summed E-state index contributed by atoms with van der Waals surface area (Å²) in [6, 6.07) is 3.68. The number of aromatic nitrogens is 7. The highest BCUT2D eigenvalue weighted by Gasteiger charge is 2.45. The van der Waals surface area contributed by atoms with Crippen LogP contribution >= 0.6 is 0 Å². The fourth-order valence-electron chi connectivity index (χ4n) is 5.98. The number of nitrogens with one attached hydrogen (secondary N) is 1. The zero-order valence-electron chi connectivity index (χ0n) is 21.4. The van der Waals surface area contributed by atoms with Crippen LogP contribution in [0.15, 0.2) is 30.7 Å². The average molecular weight is 516 g/mol. The summed E-state index contributed by atoms with van der Waals surface area (Å²) in [7, 11) is 0. The van der Waals surface area contributed by atoms with Crippen LogP contribution in [0.3, 0.4) is 0 Å². The van der Waals surface area contributed by atoms with E-state index in [0.29, 0.717) is 41.1 Å². The van der Waals surface area contributed by atoms with Gasteiger partial charge in [0.2, 0.25) is 0 Å². The van der Waals surface area contributed by atoms with E-state index in [4.69, 9.17) is 10.7 Å². The minimum Gasteiger partial charge on any atom is -0.384 e. The summed E-state index contributed by atoms with van der Waals surface area (Å²) in [6.07, 6.45) is 7.92. The number of carbonyl (C=O) groups is 2. The summed E-state index contributed by atoms with van der Waals surface area (Å²) in [6.45, 7) is 4.85. The summed E-state index contributed by atoms with van der Waals surface area (Å²) < 4.78 is 1.50. The molecule has 12 nitrogen and oxygen atoms in total. The number of H-pyrrole nitrogens is 1. The van der Waals surface area contributed by atoms with E-state index < -0.39 is 5.60 Å². The van der Waals surface area contributed by atoms with Crippen LogP contribution in [-0.2, 0) is 5.60 Å². The molecule has 2 fully saturated rings. The second kappa shape index (κ2) is 8.69. The number of amides is 1. The van der Waals surface area contributed by atoms with Gasteiger partial charge in [-0.2, -0.15) is 9.61 Å². The van der Waals surface area contributed by atoms with Gasteiger partial charge in [0.1, 0.15) is 17.1 Å². The molecule has 0 saturated carbocycles. The molecule has 2 aliphatic rings. The molecule has 3 atom stereocenters. The van der Waals surface area contributed by atoms with E-state index in [1.165, 1.54) is 17.6 Å². The molecule has 4 N–H and O–H groups in total. The summed E-state index contributed by atoms with van der Waals surface area (Å²) in [5.41, 5.74) is 9.46. The number of nitrogens with two attached hydrogens (primary N) is 1. The smallest absolute Gasteiger partial charge is 0.274 e. The first-order chi connectivity index (χ1) is 18.1. The number of piperidine rings is 1. The van der Waals surface area contributed by atoms with Gasteiger partial charge in [-0.05, 0) is 52.5 Å². The summed E-state index contributed by atoms with van der Waals surface area (Å²) in [4.78, 5) is 37.3. The van der Waals surface area contributed by atoms with Gasteiger partial charge in [-0.25, -0.2) is 4.98 Å². The molecule has 2 saturated heterocycles. The first-order valence-corrected chi connectivity index (χ1v) is 12.7. The average Bonchev–Trinajstić information content (AvgIpc) is 3.61. The lowest BCUT2D eigenvalue weighted by atomic mass is 9.85. The molecule has 6 rings (SSSR count). The lowest BCUT2D eigenvalue weighted by Gasteiger charge is -2.39. The van der Waals surface area contributed by atoms with Crippen LogP contribution in [-0.4, -0.2) is 68.8 Å². The van der Waals surface area contributed by atoms with Gasteiger partial charge in [0.05, 0.1) is 29.3 Å². The maximum absolute atomic E-state index is 13.1. The number of Topliss-reactive ketones (excluding diaryl/α,β-unsaturated/α-hetero) is 1. The lowest BCUT2D eigenvalue weighted by Crippen LogP contribution is -2.46. The molecule has 0 unspecified atom stereocenters. The predicted molar refractivity (Wildman–Crippen MR) is 137 cm³/mol. The Morgan fingerprint density at radius 2 is 1.87 bits per heavy atom. The van der Waals surface area contributed by atoms with Gasteiger partial charge in [-0.1, -0.05) is 11.3 Å². The maximum Gasteiger partial charge on any atom is 0.274 e. The molecule has 12 heteroatoms. The van der Waals surface area contributed by atoms with Crippen molar-refractivity contribution in [3.05, 3.63) is 53.4 Å². The Bertz CT molecular complexity index is 1520. The minimum absolute atomic E-state index is 0.0246. The fourth-order valence-corrected chi connectivity index (χ4v) is 5.98. The number of nitrogens with zero attached hydrogens (tertiary/aromatic N) is 7. The Hall–Kier alpha value is -4.19. The zero-order valence-corrected chi connectivity index (χ0v) is 21.4.